The highest BCUT2D eigenvalue weighted by Gasteiger charge is 2.30. The van der Waals surface area contributed by atoms with Gasteiger partial charge in [-0.2, -0.15) is 0 Å². The lowest BCUT2D eigenvalue weighted by Crippen LogP contribution is -2.54. The van der Waals surface area contributed by atoms with Gasteiger partial charge in [-0.3, -0.25) is 4.79 Å². The van der Waals surface area contributed by atoms with Crippen LogP contribution >= 0.6 is 22.7 Å². The summed E-state index contributed by atoms with van der Waals surface area (Å²) in [4.78, 5) is 12.9. The molecule has 2 rings (SSSR count). The number of amidine groups is 1. The zero-order valence-corrected chi connectivity index (χ0v) is 12.3. The number of hydrogen-bond acceptors (Lipinski definition) is 5. The minimum atomic E-state index is -0.844. The molecule has 19 heavy (non-hydrogen) atoms. The Morgan fingerprint density at radius 1 is 1.58 bits per heavy atom. The van der Waals surface area contributed by atoms with E-state index in [1.54, 1.807) is 18.3 Å². The van der Waals surface area contributed by atoms with E-state index in [9.17, 15) is 4.79 Å². The fourth-order valence-corrected chi connectivity index (χ4v) is 3.64. The van der Waals surface area contributed by atoms with Crippen LogP contribution in [0.15, 0.2) is 22.7 Å². The molecule has 4 N–H and O–H groups in total. The second kappa shape index (κ2) is 5.18. The van der Waals surface area contributed by atoms with Crippen LogP contribution in [0.5, 0.6) is 0 Å². The summed E-state index contributed by atoms with van der Waals surface area (Å²) >= 11 is 3.04. The number of amides is 1. The number of thiophene rings is 2. The van der Waals surface area contributed by atoms with E-state index in [0.29, 0.717) is 11.3 Å². The van der Waals surface area contributed by atoms with Gasteiger partial charge >= 0.3 is 0 Å². The number of hydrogen-bond donors (Lipinski definition) is 3. The van der Waals surface area contributed by atoms with Crippen LogP contribution in [-0.4, -0.2) is 22.5 Å². The molecule has 7 heteroatoms. The molecule has 1 unspecified atom stereocenters. The lowest BCUT2D eigenvalue weighted by atomic mass is 9.97. The third-order valence-electron chi connectivity index (χ3n) is 3.13. The SMILES string of the molecule is CCC(C)(NC(=O)c1cc2sccc2s1)/C(N)=N/O. The normalized spacial score (nSPS) is 15.4. The molecule has 5 nitrogen and oxygen atoms in total. The topological polar surface area (TPSA) is 87.7 Å². The average Bonchev–Trinajstić information content (AvgIpc) is 2.98. The van der Waals surface area contributed by atoms with Gasteiger partial charge in [0.1, 0.15) is 0 Å². The van der Waals surface area contributed by atoms with Crippen molar-refractivity contribution in [2.45, 2.75) is 25.8 Å². The van der Waals surface area contributed by atoms with Crippen LogP contribution in [-0.2, 0) is 0 Å². The van der Waals surface area contributed by atoms with Gasteiger partial charge < -0.3 is 16.3 Å². The molecule has 0 fully saturated rings. The predicted molar refractivity (Wildman–Crippen MR) is 79.3 cm³/mol. The Morgan fingerprint density at radius 2 is 2.32 bits per heavy atom. The molecule has 0 saturated carbocycles. The lowest BCUT2D eigenvalue weighted by Gasteiger charge is -2.27. The van der Waals surface area contributed by atoms with Crippen LogP contribution in [0.3, 0.4) is 0 Å². The second-order valence-corrected chi connectivity index (χ2v) is 6.42. The fraction of sp³-hybridized carbons (Fsp3) is 0.333. The summed E-state index contributed by atoms with van der Waals surface area (Å²) in [5, 5.41) is 16.6. The molecular weight excluding hydrogens is 282 g/mol. The van der Waals surface area contributed by atoms with E-state index in [4.69, 9.17) is 10.9 Å². The molecule has 0 bridgehead atoms. The number of nitrogens with two attached hydrogens (primary N) is 1. The first-order valence-electron chi connectivity index (χ1n) is 5.77. The minimum absolute atomic E-state index is 0.00159. The first-order valence-corrected chi connectivity index (χ1v) is 7.47. The van der Waals surface area contributed by atoms with Gasteiger partial charge in [-0.15, -0.1) is 22.7 Å². The number of oxime groups is 1. The first-order chi connectivity index (χ1) is 9.00. The van der Waals surface area contributed by atoms with Crippen LogP contribution in [0.2, 0.25) is 0 Å². The Kier molecular flexibility index (Phi) is 3.77. The molecule has 1 amide bonds. The van der Waals surface area contributed by atoms with Crippen LogP contribution in [0.1, 0.15) is 29.9 Å². The maximum Gasteiger partial charge on any atom is 0.262 e. The number of carbonyl (C=O) groups is 1. The second-order valence-electron chi connectivity index (χ2n) is 4.38. The molecule has 0 aliphatic heterocycles. The monoisotopic (exact) mass is 297 g/mol. The Balaban J connectivity index is 2.23. The molecule has 0 aliphatic rings. The lowest BCUT2D eigenvalue weighted by molar-refractivity contribution is 0.0929. The number of carbonyl (C=O) groups excluding carboxylic acids is 1. The van der Waals surface area contributed by atoms with Crippen LogP contribution in [0.4, 0.5) is 0 Å². The largest absolute Gasteiger partial charge is 0.409 e. The Bertz CT molecular complexity index is 603. The summed E-state index contributed by atoms with van der Waals surface area (Å²) in [5.74, 6) is -0.203. The maximum absolute atomic E-state index is 12.2. The molecular formula is C12H15N3O2S2. The molecule has 0 radical (unpaired) electrons. The quantitative estimate of drug-likeness (QED) is 0.351. The maximum atomic E-state index is 12.2. The van der Waals surface area contributed by atoms with Crippen molar-refractivity contribution in [3.8, 4) is 0 Å². The Labute approximate surface area is 118 Å². The Morgan fingerprint density at radius 3 is 2.89 bits per heavy atom. The van der Waals surface area contributed by atoms with E-state index in [1.807, 2.05) is 24.4 Å². The van der Waals surface area contributed by atoms with Crippen LogP contribution < -0.4 is 11.1 Å². The highest BCUT2D eigenvalue weighted by molar-refractivity contribution is 7.27. The molecule has 0 saturated heterocycles. The molecule has 0 aliphatic carbocycles. The van der Waals surface area contributed by atoms with Gasteiger partial charge in [0.15, 0.2) is 5.84 Å². The molecule has 0 aromatic carbocycles. The molecule has 0 spiro atoms. The van der Waals surface area contributed by atoms with E-state index < -0.39 is 5.54 Å². The van der Waals surface area contributed by atoms with Crippen molar-refractivity contribution in [2.75, 3.05) is 0 Å². The summed E-state index contributed by atoms with van der Waals surface area (Å²) in [6.07, 6.45) is 0.536. The summed E-state index contributed by atoms with van der Waals surface area (Å²) in [6, 6.07) is 3.85. The Hall–Kier alpha value is -1.60. The number of nitrogens with zero attached hydrogens (tertiary/aromatic N) is 1. The van der Waals surface area contributed by atoms with Gasteiger partial charge in [0.2, 0.25) is 0 Å². The van der Waals surface area contributed by atoms with Crippen LogP contribution in [0.25, 0.3) is 9.40 Å². The molecule has 2 aromatic rings. The van der Waals surface area contributed by atoms with E-state index in [-0.39, 0.29) is 11.7 Å². The van der Waals surface area contributed by atoms with Gasteiger partial charge in [0.25, 0.3) is 5.91 Å². The average molecular weight is 297 g/mol. The number of nitrogens with one attached hydrogen (secondary N) is 1. The summed E-state index contributed by atoms with van der Waals surface area (Å²) < 4.78 is 2.19. The standard InChI is InChI=1S/C12H15N3O2S2/c1-3-12(2,11(13)15-17)14-10(16)9-6-8-7(19-9)4-5-18-8/h4-6,17H,3H2,1-2H3,(H2,13,15)(H,14,16). The van der Waals surface area contributed by atoms with Crippen molar-refractivity contribution >= 4 is 43.8 Å². The van der Waals surface area contributed by atoms with Crippen molar-refractivity contribution in [1.82, 2.24) is 5.32 Å². The number of fused-ring (bicyclic) bond motifs is 1. The van der Waals surface area contributed by atoms with Crippen molar-refractivity contribution in [2.24, 2.45) is 10.9 Å². The third kappa shape index (κ3) is 2.57. The molecule has 1 atom stereocenters. The summed E-state index contributed by atoms with van der Waals surface area (Å²) in [6.45, 7) is 3.60. The highest BCUT2D eigenvalue weighted by atomic mass is 32.1. The van der Waals surface area contributed by atoms with Crippen molar-refractivity contribution in [1.29, 1.82) is 0 Å². The molecule has 2 heterocycles. The van der Waals surface area contributed by atoms with E-state index >= 15 is 0 Å². The first kappa shape index (κ1) is 13.8. The highest BCUT2D eigenvalue weighted by Crippen LogP contribution is 2.30. The molecule has 102 valence electrons. The van der Waals surface area contributed by atoms with Gasteiger partial charge in [-0.05, 0) is 30.9 Å². The van der Waals surface area contributed by atoms with Crippen molar-refractivity contribution < 1.29 is 10.0 Å². The van der Waals surface area contributed by atoms with Gasteiger partial charge in [-0.25, -0.2) is 0 Å². The zero-order valence-electron chi connectivity index (χ0n) is 10.6. The predicted octanol–water partition coefficient (Wildman–Crippen LogP) is 2.61. The smallest absolute Gasteiger partial charge is 0.262 e. The van der Waals surface area contributed by atoms with Gasteiger partial charge in [0, 0.05) is 9.40 Å². The van der Waals surface area contributed by atoms with E-state index in [1.165, 1.54) is 11.3 Å². The fourth-order valence-electron chi connectivity index (χ4n) is 1.63. The van der Waals surface area contributed by atoms with Crippen molar-refractivity contribution in [3.63, 3.8) is 0 Å². The van der Waals surface area contributed by atoms with Crippen LogP contribution in [0, 0.1) is 0 Å². The summed E-state index contributed by atoms with van der Waals surface area (Å²) in [7, 11) is 0. The molecule has 2 aromatic heterocycles. The van der Waals surface area contributed by atoms with E-state index in [0.717, 1.165) is 9.40 Å². The zero-order chi connectivity index (χ0) is 14.0. The summed E-state index contributed by atoms with van der Waals surface area (Å²) in [5.41, 5.74) is 4.79. The van der Waals surface area contributed by atoms with Gasteiger partial charge in [0.05, 0.1) is 10.4 Å². The van der Waals surface area contributed by atoms with Gasteiger partial charge in [-0.1, -0.05) is 12.1 Å². The number of rotatable bonds is 4. The third-order valence-corrected chi connectivity index (χ3v) is 5.22. The van der Waals surface area contributed by atoms with E-state index in [2.05, 4.69) is 10.5 Å². The minimum Gasteiger partial charge on any atom is -0.409 e. The van der Waals surface area contributed by atoms with Crippen molar-refractivity contribution in [3.05, 3.63) is 22.4 Å².